The van der Waals surface area contributed by atoms with Gasteiger partial charge in [-0.25, -0.2) is 9.97 Å². The maximum Gasteiger partial charge on any atom is 0.226 e. The molecule has 0 bridgehead atoms. The minimum atomic E-state index is 0.284. The lowest BCUT2D eigenvalue weighted by atomic mass is 10.1. The van der Waals surface area contributed by atoms with E-state index in [-0.39, 0.29) is 6.61 Å². The van der Waals surface area contributed by atoms with E-state index in [2.05, 4.69) is 21.9 Å². The molecule has 2 heterocycles. The molecule has 0 spiro atoms. The molecular formula is C23H21N3O2. The molecule has 0 saturated heterocycles. The van der Waals surface area contributed by atoms with Crippen LogP contribution in [0.1, 0.15) is 22.7 Å². The number of aryl methyl sites for hydroxylation is 3. The lowest BCUT2D eigenvalue weighted by molar-refractivity contribution is 0.287. The van der Waals surface area contributed by atoms with Crippen molar-refractivity contribution < 1.29 is 9.15 Å². The molecule has 5 heteroatoms. The molecule has 2 aromatic carbocycles. The van der Waals surface area contributed by atoms with Gasteiger partial charge in [0.2, 0.25) is 11.8 Å². The van der Waals surface area contributed by atoms with E-state index in [1.807, 2.05) is 74.5 Å². The molecule has 0 amide bonds. The summed E-state index contributed by atoms with van der Waals surface area (Å²) >= 11 is 0. The molecule has 2 aromatic heterocycles. The molecule has 0 saturated carbocycles. The summed E-state index contributed by atoms with van der Waals surface area (Å²) < 4.78 is 11.7. The predicted molar refractivity (Wildman–Crippen MR) is 108 cm³/mol. The first-order valence-electron chi connectivity index (χ1n) is 9.16. The summed E-state index contributed by atoms with van der Waals surface area (Å²) in [5, 5.41) is 0. The van der Waals surface area contributed by atoms with Crippen molar-refractivity contribution in [3.05, 3.63) is 83.4 Å². The Kier molecular flexibility index (Phi) is 4.89. The van der Waals surface area contributed by atoms with Gasteiger partial charge in [-0.15, -0.1) is 0 Å². The van der Waals surface area contributed by atoms with Gasteiger partial charge in [-0.1, -0.05) is 48.0 Å². The number of hydrogen-bond acceptors (Lipinski definition) is 5. The Morgan fingerprint density at radius 1 is 0.821 bits per heavy atom. The minimum Gasteiger partial charge on any atom is -0.471 e. The SMILES string of the molecule is Cc1ccc(-c2nc(C)cc(OCc3nc(-c4ccccc4)oc3C)n2)cc1. The Morgan fingerprint density at radius 3 is 2.32 bits per heavy atom. The Labute approximate surface area is 164 Å². The van der Waals surface area contributed by atoms with Gasteiger partial charge in [0.05, 0.1) is 0 Å². The summed E-state index contributed by atoms with van der Waals surface area (Å²) in [6.45, 7) is 6.16. The lowest BCUT2D eigenvalue weighted by Crippen LogP contribution is -2.02. The summed E-state index contributed by atoms with van der Waals surface area (Å²) in [6, 6.07) is 19.8. The highest BCUT2D eigenvalue weighted by molar-refractivity contribution is 5.56. The molecule has 0 N–H and O–H groups in total. The molecule has 28 heavy (non-hydrogen) atoms. The zero-order chi connectivity index (χ0) is 19.5. The highest BCUT2D eigenvalue weighted by Crippen LogP contribution is 2.23. The Bertz CT molecular complexity index is 1090. The van der Waals surface area contributed by atoms with Crippen molar-refractivity contribution in [2.75, 3.05) is 0 Å². The molecule has 0 radical (unpaired) electrons. The van der Waals surface area contributed by atoms with Crippen LogP contribution in [0.25, 0.3) is 22.8 Å². The summed E-state index contributed by atoms with van der Waals surface area (Å²) in [6.07, 6.45) is 0. The van der Waals surface area contributed by atoms with Gasteiger partial charge in [0, 0.05) is 22.9 Å². The van der Waals surface area contributed by atoms with Crippen molar-refractivity contribution in [2.45, 2.75) is 27.4 Å². The molecule has 5 nitrogen and oxygen atoms in total. The van der Waals surface area contributed by atoms with Gasteiger partial charge < -0.3 is 9.15 Å². The number of aromatic nitrogens is 3. The minimum absolute atomic E-state index is 0.284. The molecule has 0 aliphatic heterocycles. The molecule has 0 aliphatic carbocycles. The third-order valence-corrected chi connectivity index (χ3v) is 4.41. The van der Waals surface area contributed by atoms with Crippen LogP contribution in [0.5, 0.6) is 5.88 Å². The lowest BCUT2D eigenvalue weighted by Gasteiger charge is -2.07. The molecular weight excluding hydrogens is 350 g/mol. The number of benzene rings is 2. The first kappa shape index (κ1) is 17.9. The third-order valence-electron chi connectivity index (χ3n) is 4.41. The van der Waals surface area contributed by atoms with E-state index >= 15 is 0 Å². The van der Waals surface area contributed by atoms with Crippen LogP contribution >= 0.6 is 0 Å². The van der Waals surface area contributed by atoms with E-state index in [4.69, 9.17) is 9.15 Å². The molecule has 140 valence electrons. The maximum atomic E-state index is 5.92. The van der Waals surface area contributed by atoms with Crippen LogP contribution < -0.4 is 4.74 Å². The van der Waals surface area contributed by atoms with Gasteiger partial charge in [-0.3, -0.25) is 0 Å². The van der Waals surface area contributed by atoms with Crippen LogP contribution in [0.4, 0.5) is 0 Å². The smallest absolute Gasteiger partial charge is 0.226 e. The second-order valence-electron chi connectivity index (χ2n) is 6.71. The summed E-state index contributed by atoms with van der Waals surface area (Å²) in [5.41, 5.74) is 4.71. The van der Waals surface area contributed by atoms with Gasteiger partial charge in [0.1, 0.15) is 18.1 Å². The van der Waals surface area contributed by atoms with Gasteiger partial charge in [-0.2, -0.15) is 4.98 Å². The highest BCUT2D eigenvalue weighted by atomic mass is 16.5. The Morgan fingerprint density at radius 2 is 1.57 bits per heavy atom. The largest absolute Gasteiger partial charge is 0.471 e. The van der Waals surface area contributed by atoms with Crippen molar-refractivity contribution in [1.82, 2.24) is 15.0 Å². The molecule has 0 fully saturated rings. The van der Waals surface area contributed by atoms with Gasteiger partial charge in [0.15, 0.2) is 5.82 Å². The van der Waals surface area contributed by atoms with Crippen molar-refractivity contribution in [2.24, 2.45) is 0 Å². The van der Waals surface area contributed by atoms with Crippen LogP contribution in [0.2, 0.25) is 0 Å². The second kappa shape index (κ2) is 7.64. The van der Waals surface area contributed by atoms with Gasteiger partial charge in [-0.05, 0) is 32.9 Å². The molecule has 0 unspecified atom stereocenters. The number of ether oxygens (including phenoxy) is 1. The van der Waals surface area contributed by atoms with Crippen LogP contribution in [0, 0.1) is 20.8 Å². The van der Waals surface area contributed by atoms with E-state index in [0.29, 0.717) is 17.6 Å². The average molecular weight is 371 g/mol. The summed E-state index contributed by atoms with van der Waals surface area (Å²) in [4.78, 5) is 13.6. The normalized spacial score (nSPS) is 10.8. The van der Waals surface area contributed by atoms with Crippen molar-refractivity contribution in [3.63, 3.8) is 0 Å². The average Bonchev–Trinajstić information content (AvgIpc) is 3.08. The van der Waals surface area contributed by atoms with Crippen molar-refractivity contribution in [1.29, 1.82) is 0 Å². The fourth-order valence-corrected chi connectivity index (χ4v) is 2.85. The second-order valence-corrected chi connectivity index (χ2v) is 6.71. The monoisotopic (exact) mass is 371 g/mol. The van der Waals surface area contributed by atoms with Crippen LogP contribution in [-0.2, 0) is 6.61 Å². The first-order chi connectivity index (χ1) is 13.6. The fourth-order valence-electron chi connectivity index (χ4n) is 2.85. The highest BCUT2D eigenvalue weighted by Gasteiger charge is 2.13. The van der Waals surface area contributed by atoms with E-state index in [1.165, 1.54) is 5.56 Å². The van der Waals surface area contributed by atoms with Gasteiger partial charge in [0.25, 0.3) is 0 Å². The summed E-state index contributed by atoms with van der Waals surface area (Å²) in [7, 11) is 0. The molecule has 4 rings (SSSR count). The zero-order valence-corrected chi connectivity index (χ0v) is 16.1. The number of oxazole rings is 1. The number of hydrogen-bond donors (Lipinski definition) is 0. The fraction of sp³-hybridized carbons (Fsp3) is 0.174. The third kappa shape index (κ3) is 3.93. The maximum absolute atomic E-state index is 5.92. The van der Waals surface area contributed by atoms with Crippen LogP contribution in [-0.4, -0.2) is 15.0 Å². The zero-order valence-electron chi connectivity index (χ0n) is 16.1. The van der Waals surface area contributed by atoms with Crippen LogP contribution in [0.15, 0.2) is 65.1 Å². The standard InChI is InChI=1S/C23H21N3O2/c1-15-9-11-18(12-10-15)22-24-16(2)13-21(26-22)27-14-20-17(3)28-23(25-20)19-7-5-4-6-8-19/h4-13H,14H2,1-3H3. The predicted octanol–water partition coefficient (Wildman–Crippen LogP) is 5.30. The first-order valence-corrected chi connectivity index (χ1v) is 9.16. The Hall–Kier alpha value is -3.47. The Balaban J connectivity index is 1.54. The van der Waals surface area contributed by atoms with Gasteiger partial charge >= 0.3 is 0 Å². The number of rotatable bonds is 5. The summed E-state index contributed by atoms with van der Waals surface area (Å²) in [5.74, 6) is 2.50. The van der Waals surface area contributed by atoms with E-state index in [0.717, 1.165) is 28.3 Å². The molecule has 0 aliphatic rings. The number of nitrogens with zero attached hydrogens (tertiary/aromatic N) is 3. The molecule has 4 aromatic rings. The van der Waals surface area contributed by atoms with Crippen molar-refractivity contribution in [3.8, 4) is 28.7 Å². The topological polar surface area (TPSA) is 61.0 Å². The van der Waals surface area contributed by atoms with Crippen molar-refractivity contribution >= 4 is 0 Å². The van der Waals surface area contributed by atoms with Crippen LogP contribution in [0.3, 0.4) is 0 Å². The molecule has 0 atom stereocenters. The van der Waals surface area contributed by atoms with E-state index in [9.17, 15) is 0 Å². The van der Waals surface area contributed by atoms with E-state index in [1.54, 1.807) is 0 Å². The quantitative estimate of drug-likeness (QED) is 0.476. The van der Waals surface area contributed by atoms with E-state index < -0.39 is 0 Å².